The van der Waals surface area contributed by atoms with Crippen molar-refractivity contribution in [1.29, 1.82) is 0 Å². The van der Waals surface area contributed by atoms with Crippen LogP contribution in [0.25, 0.3) is 0 Å². The van der Waals surface area contributed by atoms with Gasteiger partial charge in [-0.25, -0.2) is 0 Å². The third kappa shape index (κ3) is 31.2. The molecule has 1 aromatic rings. The maximum atomic E-state index is 5.15. The molecule has 0 bridgehead atoms. The van der Waals surface area contributed by atoms with Gasteiger partial charge in [-0.3, -0.25) is 4.98 Å². The summed E-state index contributed by atoms with van der Waals surface area (Å²) in [5, 5.41) is 0. The van der Waals surface area contributed by atoms with Crippen molar-refractivity contribution in [1.82, 2.24) is 4.98 Å². The topological polar surface area (TPSA) is 12.9 Å². The summed E-state index contributed by atoms with van der Waals surface area (Å²) in [6.45, 7) is 8.70. The zero-order chi connectivity index (χ0) is 34.4. The average Bonchev–Trinajstić information content (AvgIpc) is 3.10. The second-order valence-electron chi connectivity index (χ2n) is 15.7. The number of aromatic nitrogens is 1. The van der Waals surface area contributed by atoms with Crippen molar-refractivity contribution in [2.75, 3.05) is 0 Å². The first-order chi connectivity index (χ1) is 23.8. The molecule has 0 N–H and O–H groups in total. The Morgan fingerprint density at radius 1 is 0.333 bits per heavy atom. The molecule has 1 heteroatoms. The summed E-state index contributed by atoms with van der Waals surface area (Å²) >= 11 is 0. The van der Waals surface area contributed by atoms with Gasteiger partial charge in [-0.2, -0.15) is 0 Å². The van der Waals surface area contributed by atoms with Crippen molar-refractivity contribution in [3.63, 3.8) is 0 Å². The molecule has 0 atom stereocenters. The van der Waals surface area contributed by atoms with Crippen LogP contribution >= 0.6 is 0 Å². The highest BCUT2D eigenvalue weighted by molar-refractivity contribution is 5.22. The fourth-order valence-electron chi connectivity index (χ4n) is 7.51. The van der Waals surface area contributed by atoms with Gasteiger partial charge in [0.2, 0.25) is 0 Å². The Labute approximate surface area is 304 Å². The van der Waals surface area contributed by atoms with Crippen LogP contribution in [0.15, 0.2) is 12.1 Å². The van der Waals surface area contributed by atoms with Gasteiger partial charge in [-0.15, -0.1) is 0 Å². The zero-order valence-corrected chi connectivity index (χ0v) is 33.4. The van der Waals surface area contributed by atoms with Gasteiger partial charge < -0.3 is 0 Å². The van der Waals surface area contributed by atoms with Gasteiger partial charge in [-0.05, 0) is 56.2 Å². The summed E-state index contributed by atoms with van der Waals surface area (Å²) in [5.41, 5.74) is 4.23. The van der Waals surface area contributed by atoms with E-state index < -0.39 is 0 Å². The molecule has 1 nitrogen and oxygen atoms in total. The van der Waals surface area contributed by atoms with E-state index in [1.165, 1.54) is 261 Å². The van der Waals surface area contributed by atoms with E-state index in [-0.39, 0.29) is 0 Å². The first-order valence-electron chi connectivity index (χ1n) is 22.6. The van der Waals surface area contributed by atoms with Crippen LogP contribution in [-0.4, -0.2) is 4.98 Å². The summed E-state index contributed by atoms with van der Waals surface area (Å²) in [7, 11) is 0. The van der Waals surface area contributed by atoms with Gasteiger partial charge in [0.15, 0.2) is 0 Å². The van der Waals surface area contributed by atoms with Gasteiger partial charge in [0.05, 0.1) is 0 Å². The molecular weight excluding hydrogens is 579 g/mol. The molecule has 0 saturated carbocycles. The lowest BCUT2D eigenvalue weighted by Crippen LogP contribution is -2.00. The SMILES string of the molecule is [CH2]CCCc1cc(CCCCCCCCCCCCCCCCCCC)nc(CCCCCCCCCCCCCCCCCCC)c1. The molecule has 0 aliphatic carbocycles. The third-order valence-electron chi connectivity index (χ3n) is 10.8. The van der Waals surface area contributed by atoms with Crippen LogP contribution in [0.2, 0.25) is 0 Å². The Morgan fingerprint density at radius 3 is 0.833 bits per heavy atom. The van der Waals surface area contributed by atoms with Crippen molar-refractivity contribution in [3.8, 4) is 0 Å². The molecule has 0 fully saturated rings. The fraction of sp³-hybridized carbons (Fsp3) is 0.872. The first-order valence-corrected chi connectivity index (χ1v) is 22.6. The largest absolute Gasteiger partial charge is 0.258 e. The number of pyridine rings is 1. The quantitative estimate of drug-likeness (QED) is 0.0637. The normalized spacial score (nSPS) is 11.6. The number of hydrogen-bond donors (Lipinski definition) is 0. The van der Waals surface area contributed by atoms with Gasteiger partial charge in [0.1, 0.15) is 0 Å². The standard InChI is InChI=1S/C47H88N/c1-4-7-10-12-14-16-18-20-22-24-26-28-30-32-34-36-38-41-46-43-45(40-9-6-3)44-47(48-46)42-39-37-35-33-31-29-27-25-23-21-19-17-15-13-11-8-5-2/h43-44H,3-42H2,1-2H3. The van der Waals surface area contributed by atoms with Crippen molar-refractivity contribution in [2.24, 2.45) is 0 Å². The highest BCUT2D eigenvalue weighted by Gasteiger charge is 2.05. The number of aryl methyl sites for hydroxylation is 3. The molecular formula is C47H88N. The van der Waals surface area contributed by atoms with Crippen molar-refractivity contribution in [3.05, 3.63) is 36.0 Å². The molecule has 1 rings (SSSR count). The van der Waals surface area contributed by atoms with E-state index in [0.29, 0.717) is 0 Å². The number of hydrogen-bond acceptors (Lipinski definition) is 1. The molecule has 1 radical (unpaired) electrons. The molecule has 1 heterocycles. The minimum Gasteiger partial charge on any atom is -0.258 e. The van der Waals surface area contributed by atoms with Crippen LogP contribution in [-0.2, 0) is 19.3 Å². The van der Waals surface area contributed by atoms with Crippen molar-refractivity contribution < 1.29 is 0 Å². The monoisotopic (exact) mass is 667 g/mol. The Hall–Kier alpha value is -0.850. The highest BCUT2D eigenvalue weighted by atomic mass is 14.7. The lowest BCUT2D eigenvalue weighted by Gasteiger charge is -2.10. The fourth-order valence-corrected chi connectivity index (χ4v) is 7.51. The third-order valence-corrected chi connectivity index (χ3v) is 10.8. The molecule has 281 valence electrons. The molecule has 0 spiro atoms. The van der Waals surface area contributed by atoms with E-state index in [1.807, 2.05) is 0 Å². The Kier molecular flexibility index (Phi) is 35.2. The van der Waals surface area contributed by atoms with E-state index in [2.05, 4.69) is 32.9 Å². The Balaban J connectivity index is 2.04. The summed E-state index contributed by atoms with van der Waals surface area (Å²) in [5.74, 6) is 0. The second kappa shape index (κ2) is 37.4. The van der Waals surface area contributed by atoms with Gasteiger partial charge >= 0.3 is 0 Å². The van der Waals surface area contributed by atoms with Gasteiger partial charge in [0.25, 0.3) is 0 Å². The predicted octanol–water partition coefficient (Wildman–Crippen LogP) is 16.6. The summed E-state index contributed by atoms with van der Waals surface area (Å²) in [4.78, 5) is 5.15. The lowest BCUT2D eigenvalue weighted by molar-refractivity contribution is 0.526. The molecule has 0 aliphatic rings. The average molecular weight is 667 g/mol. The molecule has 0 saturated heterocycles. The van der Waals surface area contributed by atoms with E-state index >= 15 is 0 Å². The zero-order valence-electron chi connectivity index (χ0n) is 33.4. The van der Waals surface area contributed by atoms with Crippen LogP contribution in [0.4, 0.5) is 0 Å². The smallest absolute Gasteiger partial charge is 0.0409 e. The molecule has 48 heavy (non-hydrogen) atoms. The number of rotatable bonds is 39. The summed E-state index contributed by atoms with van der Waals surface area (Å²) in [6.07, 6.45) is 54.6. The predicted molar refractivity (Wildman–Crippen MR) is 218 cm³/mol. The minimum absolute atomic E-state index is 1.03. The van der Waals surface area contributed by atoms with Crippen LogP contribution in [0.3, 0.4) is 0 Å². The Bertz CT molecular complexity index is 697. The maximum Gasteiger partial charge on any atom is 0.0409 e. The number of unbranched alkanes of at least 4 members (excludes halogenated alkanes) is 33. The van der Waals surface area contributed by atoms with Crippen molar-refractivity contribution >= 4 is 0 Å². The van der Waals surface area contributed by atoms with Crippen LogP contribution in [0, 0.1) is 6.92 Å². The molecule has 0 aromatic carbocycles. The molecule has 0 unspecified atom stereocenters. The second-order valence-corrected chi connectivity index (χ2v) is 15.7. The van der Waals surface area contributed by atoms with Gasteiger partial charge in [0, 0.05) is 11.4 Å². The maximum absolute atomic E-state index is 5.15. The molecule has 0 amide bonds. The van der Waals surface area contributed by atoms with Crippen LogP contribution in [0.5, 0.6) is 0 Å². The minimum atomic E-state index is 1.03. The van der Waals surface area contributed by atoms with Crippen molar-refractivity contribution in [2.45, 2.75) is 264 Å². The highest BCUT2D eigenvalue weighted by Crippen LogP contribution is 2.18. The van der Waals surface area contributed by atoms with Crippen LogP contribution in [0.1, 0.15) is 262 Å². The molecule has 0 aliphatic heterocycles. The lowest BCUT2D eigenvalue weighted by atomic mass is 10.0. The van der Waals surface area contributed by atoms with Crippen LogP contribution < -0.4 is 0 Å². The van der Waals surface area contributed by atoms with Gasteiger partial charge in [-0.1, -0.05) is 233 Å². The van der Waals surface area contributed by atoms with E-state index in [1.54, 1.807) is 0 Å². The Morgan fingerprint density at radius 2 is 0.583 bits per heavy atom. The van der Waals surface area contributed by atoms with E-state index in [0.717, 1.165) is 6.42 Å². The summed E-state index contributed by atoms with van der Waals surface area (Å²) < 4.78 is 0. The van der Waals surface area contributed by atoms with E-state index in [9.17, 15) is 0 Å². The number of nitrogens with zero attached hydrogens (tertiary/aromatic N) is 1. The van der Waals surface area contributed by atoms with E-state index in [4.69, 9.17) is 4.98 Å². The molecule has 1 aromatic heterocycles. The summed E-state index contributed by atoms with van der Waals surface area (Å²) in [6, 6.07) is 4.83. The first kappa shape index (κ1) is 45.2.